The maximum Gasteiger partial charge on any atom is 0.0765 e. The minimum atomic E-state index is 0.294. The third-order valence-corrected chi connectivity index (χ3v) is 3.58. The summed E-state index contributed by atoms with van der Waals surface area (Å²) in [6, 6.07) is 5.96. The molecule has 0 bridgehead atoms. The van der Waals surface area contributed by atoms with Gasteiger partial charge in [-0.15, -0.1) is 0 Å². The predicted octanol–water partition coefficient (Wildman–Crippen LogP) is 3.59. The molecule has 1 aliphatic heterocycles. The lowest BCUT2D eigenvalue weighted by atomic mass is 9.88. The lowest BCUT2D eigenvalue weighted by molar-refractivity contribution is 0.361. The number of nitrogens with one attached hydrogen (secondary N) is 2. The minimum absolute atomic E-state index is 0.294. The van der Waals surface area contributed by atoms with Crippen molar-refractivity contribution in [2.24, 2.45) is 5.41 Å². The van der Waals surface area contributed by atoms with Gasteiger partial charge >= 0.3 is 0 Å². The molecule has 0 spiro atoms. The topological polar surface area (TPSA) is 24.1 Å². The summed E-state index contributed by atoms with van der Waals surface area (Å²) in [5.41, 5.74) is 2.44. The Morgan fingerprint density at radius 1 is 1.33 bits per heavy atom. The van der Waals surface area contributed by atoms with Crippen LogP contribution in [0.1, 0.15) is 20.3 Å². The van der Waals surface area contributed by atoms with Gasteiger partial charge in [0.25, 0.3) is 0 Å². The second-order valence-corrected chi connectivity index (χ2v) is 4.94. The fourth-order valence-electron chi connectivity index (χ4n) is 1.77. The van der Waals surface area contributed by atoms with Crippen LogP contribution >= 0.6 is 11.6 Å². The van der Waals surface area contributed by atoms with E-state index < -0.39 is 0 Å². The van der Waals surface area contributed by atoms with E-state index in [0.29, 0.717) is 5.41 Å². The zero-order chi connectivity index (χ0) is 10.9. The Bertz CT molecular complexity index is 365. The standard InChI is InChI=1S/C12H17ClN2/c1-3-12(2)7-14-10-6-4-5-9(13)11(10)15-8-12/h4-6,14-15H,3,7-8H2,1-2H3. The van der Waals surface area contributed by atoms with Gasteiger partial charge in [-0.2, -0.15) is 0 Å². The van der Waals surface area contributed by atoms with Crippen molar-refractivity contribution in [2.45, 2.75) is 20.3 Å². The number of para-hydroxylation sites is 1. The third-order valence-electron chi connectivity index (χ3n) is 3.26. The Kier molecular flexibility index (Phi) is 2.79. The first-order valence-corrected chi connectivity index (χ1v) is 5.79. The Morgan fingerprint density at radius 3 is 2.80 bits per heavy atom. The van der Waals surface area contributed by atoms with E-state index in [1.54, 1.807) is 0 Å². The van der Waals surface area contributed by atoms with E-state index in [2.05, 4.69) is 30.5 Å². The molecule has 0 fully saturated rings. The van der Waals surface area contributed by atoms with Crippen LogP contribution in [0.2, 0.25) is 5.02 Å². The van der Waals surface area contributed by atoms with Crippen LogP contribution in [-0.2, 0) is 0 Å². The molecule has 0 amide bonds. The molecule has 3 heteroatoms. The molecule has 1 aromatic carbocycles. The Balaban J connectivity index is 2.29. The Hall–Kier alpha value is -0.890. The molecule has 1 unspecified atom stereocenters. The van der Waals surface area contributed by atoms with E-state index in [1.807, 2.05) is 12.1 Å². The Labute approximate surface area is 96.0 Å². The molecule has 1 heterocycles. The van der Waals surface area contributed by atoms with Crippen molar-refractivity contribution in [3.05, 3.63) is 23.2 Å². The number of rotatable bonds is 1. The second kappa shape index (κ2) is 3.93. The van der Waals surface area contributed by atoms with Gasteiger partial charge in [0.1, 0.15) is 0 Å². The van der Waals surface area contributed by atoms with Gasteiger partial charge in [0.2, 0.25) is 0 Å². The summed E-state index contributed by atoms with van der Waals surface area (Å²) in [6.07, 6.45) is 1.15. The largest absolute Gasteiger partial charge is 0.383 e. The molecule has 1 aliphatic rings. The van der Waals surface area contributed by atoms with Crippen molar-refractivity contribution in [2.75, 3.05) is 23.7 Å². The summed E-state index contributed by atoms with van der Waals surface area (Å²) in [5.74, 6) is 0. The second-order valence-electron chi connectivity index (χ2n) is 4.53. The SMILES string of the molecule is CCC1(C)CNc2cccc(Cl)c2NC1. The number of anilines is 2. The average molecular weight is 225 g/mol. The number of fused-ring (bicyclic) bond motifs is 1. The van der Waals surface area contributed by atoms with E-state index in [9.17, 15) is 0 Å². The molecule has 82 valence electrons. The molecule has 15 heavy (non-hydrogen) atoms. The molecule has 0 saturated carbocycles. The van der Waals surface area contributed by atoms with Crippen LogP contribution in [0.4, 0.5) is 11.4 Å². The molecule has 0 aromatic heterocycles. The highest BCUT2D eigenvalue weighted by Crippen LogP contribution is 2.35. The molecule has 2 nitrogen and oxygen atoms in total. The molecule has 1 atom stereocenters. The average Bonchev–Trinajstić information content (AvgIpc) is 2.41. The molecule has 0 radical (unpaired) electrons. The van der Waals surface area contributed by atoms with E-state index in [-0.39, 0.29) is 0 Å². The highest BCUT2D eigenvalue weighted by molar-refractivity contribution is 6.34. The van der Waals surface area contributed by atoms with Gasteiger partial charge in [-0.3, -0.25) is 0 Å². The Morgan fingerprint density at radius 2 is 2.07 bits per heavy atom. The van der Waals surface area contributed by atoms with Crippen LogP contribution in [0.3, 0.4) is 0 Å². The fourth-order valence-corrected chi connectivity index (χ4v) is 2.02. The molecular formula is C12H17ClN2. The van der Waals surface area contributed by atoms with Crippen molar-refractivity contribution in [3.8, 4) is 0 Å². The maximum atomic E-state index is 6.15. The predicted molar refractivity (Wildman–Crippen MR) is 66.8 cm³/mol. The zero-order valence-corrected chi connectivity index (χ0v) is 9.99. The van der Waals surface area contributed by atoms with E-state index in [4.69, 9.17) is 11.6 Å². The molecule has 0 saturated heterocycles. The van der Waals surface area contributed by atoms with Gasteiger partial charge in [0, 0.05) is 18.5 Å². The summed E-state index contributed by atoms with van der Waals surface area (Å²) in [4.78, 5) is 0. The van der Waals surface area contributed by atoms with Gasteiger partial charge in [0.15, 0.2) is 0 Å². The first-order valence-electron chi connectivity index (χ1n) is 5.41. The van der Waals surface area contributed by atoms with Crippen LogP contribution in [0.5, 0.6) is 0 Å². The van der Waals surface area contributed by atoms with E-state index in [0.717, 1.165) is 35.9 Å². The summed E-state index contributed by atoms with van der Waals surface area (Å²) in [6.45, 7) is 6.46. The van der Waals surface area contributed by atoms with Crippen LogP contribution < -0.4 is 10.6 Å². The highest BCUT2D eigenvalue weighted by atomic mass is 35.5. The van der Waals surface area contributed by atoms with E-state index >= 15 is 0 Å². The molecular weight excluding hydrogens is 208 g/mol. The number of halogens is 1. The van der Waals surface area contributed by atoms with E-state index in [1.165, 1.54) is 0 Å². The molecule has 0 aliphatic carbocycles. The summed E-state index contributed by atoms with van der Waals surface area (Å²) >= 11 is 6.15. The van der Waals surface area contributed by atoms with Crippen LogP contribution in [0.15, 0.2) is 18.2 Å². The first-order chi connectivity index (χ1) is 7.14. The fraction of sp³-hybridized carbons (Fsp3) is 0.500. The summed E-state index contributed by atoms with van der Waals surface area (Å²) < 4.78 is 0. The lowest BCUT2D eigenvalue weighted by Crippen LogP contribution is -2.30. The van der Waals surface area contributed by atoms with Crippen molar-refractivity contribution in [1.82, 2.24) is 0 Å². The van der Waals surface area contributed by atoms with Crippen molar-refractivity contribution < 1.29 is 0 Å². The minimum Gasteiger partial charge on any atom is -0.383 e. The van der Waals surface area contributed by atoms with Crippen molar-refractivity contribution in [1.29, 1.82) is 0 Å². The van der Waals surface area contributed by atoms with Gasteiger partial charge < -0.3 is 10.6 Å². The quantitative estimate of drug-likeness (QED) is 0.762. The first kappa shape index (κ1) is 10.6. The number of benzene rings is 1. The van der Waals surface area contributed by atoms with Gasteiger partial charge in [0.05, 0.1) is 16.4 Å². The molecule has 2 N–H and O–H groups in total. The molecule has 1 aromatic rings. The van der Waals surface area contributed by atoms with Crippen LogP contribution in [0.25, 0.3) is 0 Å². The smallest absolute Gasteiger partial charge is 0.0765 e. The number of hydrogen-bond acceptors (Lipinski definition) is 2. The van der Waals surface area contributed by atoms with Crippen LogP contribution in [0, 0.1) is 5.41 Å². The summed E-state index contributed by atoms with van der Waals surface area (Å²) in [7, 11) is 0. The third kappa shape index (κ3) is 2.05. The maximum absolute atomic E-state index is 6.15. The monoisotopic (exact) mass is 224 g/mol. The van der Waals surface area contributed by atoms with Crippen molar-refractivity contribution in [3.63, 3.8) is 0 Å². The van der Waals surface area contributed by atoms with Crippen molar-refractivity contribution >= 4 is 23.0 Å². The number of hydrogen-bond donors (Lipinski definition) is 2. The van der Waals surface area contributed by atoms with Gasteiger partial charge in [-0.25, -0.2) is 0 Å². The summed E-state index contributed by atoms with van der Waals surface area (Å²) in [5, 5.41) is 7.69. The highest BCUT2D eigenvalue weighted by Gasteiger charge is 2.25. The normalized spacial score (nSPS) is 24.7. The van der Waals surface area contributed by atoms with Gasteiger partial charge in [-0.1, -0.05) is 31.5 Å². The van der Waals surface area contributed by atoms with Crippen LogP contribution in [-0.4, -0.2) is 13.1 Å². The lowest BCUT2D eigenvalue weighted by Gasteiger charge is -2.26. The molecule has 2 rings (SSSR count). The van der Waals surface area contributed by atoms with Gasteiger partial charge in [-0.05, 0) is 18.6 Å². The zero-order valence-electron chi connectivity index (χ0n) is 9.23.